The number of aliphatic imine (C=N–C) groups is 3. The number of hydrogen-bond acceptors (Lipinski definition) is 9. The summed E-state index contributed by atoms with van der Waals surface area (Å²) in [7, 11) is 3.48. The minimum absolute atomic E-state index is 0.0322. The molecule has 0 radical (unpaired) electrons. The summed E-state index contributed by atoms with van der Waals surface area (Å²) in [5.74, 6) is 2.18. The van der Waals surface area contributed by atoms with Crippen LogP contribution in [0.15, 0.2) is 131 Å². The van der Waals surface area contributed by atoms with Gasteiger partial charge in [-0.1, -0.05) is 72.2 Å². The average molecular weight is 762 g/mol. The number of allylic oxidation sites excluding steroid dienone is 11. The Morgan fingerprint density at radius 3 is 2.39 bits per heavy atom. The molecule has 0 saturated carbocycles. The molecule has 54 heavy (non-hydrogen) atoms. The highest BCUT2D eigenvalue weighted by molar-refractivity contribution is 8.76. The monoisotopic (exact) mass is 761 g/mol. The predicted molar refractivity (Wildman–Crippen MR) is 225 cm³/mol. The SMILES string of the molecule is CCCSSCNC(=O)CC[C@@H]1C2=C3CC(O)=C4C3=NC(=C4C)C=C3N=C(C=C4N=C(C=C(N2)C1C)C(C)=C4COCc1ccc(C)cc1)C(C)=C3CC. The van der Waals surface area contributed by atoms with Gasteiger partial charge in [0.15, 0.2) is 0 Å². The van der Waals surface area contributed by atoms with E-state index in [0.29, 0.717) is 44.1 Å². The summed E-state index contributed by atoms with van der Waals surface area (Å²) in [6.07, 6.45) is 9.79. The van der Waals surface area contributed by atoms with Crippen LogP contribution < -0.4 is 10.6 Å². The van der Waals surface area contributed by atoms with Gasteiger partial charge in [-0.05, 0) is 93.0 Å². The number of carbonyl (C=O) groups excluding carboxylic acids is 1. The van der Waals surface area contributed by atoms with Gasteiger partial charge in [0.2, 0.25) is 5.91 Å². The molecule has 5 heterocycles. The first kappa shape index (κ1) is 38.2. The second-order valence-corrected chi connectivity index (χ2v) is 17.4. The fourth-order valence-electron chi connectivity index (χ4n) is 7.96. The molecule has 5 aliphatic heterocycles. The van der Waals surface area contributed by atoms with E-state index in [1.807, 2.05) is 6.92 Å². The van der Waals surface area contributed by atoms with E-state index >= 15 is 0 Å². The number of aliphatic hydroxyl groups is 1. The Hall–Kier alpha value is -4.12. The van der Waals surface area contributed by atoms with Gasteiger partial charge in [0, 0.05) is 58.5 Å². The smallest absolute Gasteiger partial charge is 0.220 e. The molecule has 0 spiro atoms. The Kier molecular flexibility index (Phi) is 11.5. The first-order valence-corrected chi connectivity index (χ1v) is 21.7. The maximum Gasteiger partial charge on any atom is 0.220 e. The molecule has 6 aliphatic rings. The third-order valence-electron chi connectivity index (χ3n) is 11.2. The summed E-state index contributed by atoms with van der Waals surface area (Å²) in [4.78, 5) is 28.7. The van der Waals surface area contributed by atoms with Gasteiger partial charge in [0.25, 0.3) is 0 Å². The zero-order valence-electron chi connectivity index (χ0n) is 32.5. The standard InChI is InChI=1S/C44H51N5O3S2/c1-8-16-53-54-23-45-41(51)15-14-31-26(5)36-18-34-27(6)33(22-52-21-29-12-10-24(3)11-13-29)39(47-34)19-35-25(4)30(9-2)38(46-35)20-37-28(7)42-40(50)17-32(43(31)48-36)44(42)49-37/h10-13,18-20,26,31,48,50H,8-9,14-17,21-23H2,1-7H3,(H,45,51)/t26?,31-/m0/s1. The number of benzene rings is 1. The molecular formula is C44H51N5O3S2. The van der Waals surface area contributed by atoms with Crippen LogP contribution >= 0.6 is 21.6 Å². The molecule has 1 amide bonds. The number of aliphatic hydroxyl groups excluding tert-OH is 1. The van der Waals surface area contributed by atoms with E-state index in [2.05, 4.69) is 94.7 Å². The van der Waals surface area contributed by atoms with Crippen LogP contribution in [0.3, 0.4) is 0 Å². The molecule has 1 unspecified atom stereocenters. The molecule has 7 rings (SSSR count). The van der Waals surface area contributed by atoms with Crippen LogP contribution in [-0.2, 0) is 16.1 Å². The van der Waals surface area contributed by atoms with E-state index in [4.69, 9.17) is 19.7 Å². The predicted octanol–water partition coefficient (Wildman–Crippen LogP) is 9.83. The Balaban J connectivity index is 1.28. The van der Waals surface area contributed by atoms with Gasteiger partial charge in [0.1, 0.15) is 5.76 Å². The Morgan fingerprint density at radius 1 is 0.926 bits per heavy atom. The van der Waals surface area contributed by atoms with Crippen molar-refractivity contribution in [3.05, 3.63) is 127 Å². The van der Waals surface area contributed by atoms with Crippen molar-refractivity contribution < 1.29 is 14.6 Å². The topological polar surface area (TPSA) is 108 Å². The molecule has 1 aliphatic carbocycles. The molecule has 0 aromatic heterocycles. The minimum Gasteiger partial charge on any atom is -0.511 e. The van der Waals surface area contributed by atoms with Crippen molar-refractivity contribution in [3.8, 4) is 0 Å². The first-order chi connectivity index (χ1) is 26.1. The van der Waals surface area contributed by atoms with Gasteiger partial charge in [0.05, 0.1) is 53.3 Å². The third-order valence-corrected chi connectivity index (χ3v) is 13.6. The molecule has 1 fully saturated rings. The van der Waals surface area contributed by atoms with Crippen LogP contribution in [0, 0.1) is 18.8 Å². The van der Waals surface area contributed by atoms with Gasteiger partial charge in [-0.25, -0.2) is 15.0 Å². The Bertz CT molecular complexity index is 2120. The second kappa shape index (κ2) is 16.3. The number of amides is 1. The molecule has 1 saturated heterocycles. The lowest BCUT2D eigenvalue weighted by Crippen LogP contribution is -2.24. The van der Waals surface area contributed by atoms with E-state index in [0.717, 1.165) is 103 Å². The molecule has 10 heteroatoms. The number of hydrogen-bond donors (Lipinski definition) is 3. The van der Waals surface area contributed by atoms with Crippen LogP contribution in [0.4, 0.5) is 0 Å². The number of nitrogens with zero attached hydrogens (tertiary/aromatic N) is 3. The van der Waals surface area contributed by atoms with Crippen LogP contribution in [0.5, 0.6) is 0 Å². The molecule has 2 atom stereocenters. The number of aryl methyl sites for hydroxylation is 1. The molecule has 282 valence electrons. The van der Waals surface area contributed by atoms with Crippen LogP contribution in [0.2, 0.25) is 0 Å². The van der Waals surface area contributed by atoms with Crippen LogP contribution in [0.25, 0.3) is 0 Å². The molecular weight excluding hydrogens is 711 g/mol. The summed E-state index contributed by atoms with van der Waals surface area (Å²) in [5.41, 5.74) is 16.8. The largest absolute Gasteiger partial charge is 0.511 e. The molecule has 1 aromatic rings. The normalized spacial score (nSPS) is 21.8. The lowest BCUT2D eigenvalue weighted by molar-refractivity contribution is -0.121. The number of carbonyl (C=O) groups is 1. The molecule has 1 aromatic carbocycles. The quantitative estimate of drug-likeness (QED) is 0.105. The van der Waals surface area contributed by atoms with E-state index in [-0.39, 0.29) is 17.7 Å². The van der Waals surface area contributed by atoms with Gasteiger partial charge in [-0.3, -0.25) is 4.79 Å². The van der Waals surface area contributed by atoms with Crippen molar-refractivity contribution in [2.45, 2.75) is 87.2 Å². The summed E-state index contributed by atoms with van der Waals surface area (Å²) >= 11 is 0. The second-order valence-electron chi connectivity index (χ2n) is 14.8. The number of rotatable bonds is 13. The van der Waals surface area contributed by atoms with Crippen LogP contribution in [0.1, 0.15) is 84.8 Å². The first-order valence-electron chi connectivity index (χ1n) is 19.2. The number of fused-ring (bicyclic) bond motifs is 5. The van der Waals surface area contributed by atoms with E-state index in [1.165, 1.54) is 11.1 Å². The molecule has 8 bridgehead atoms. The fraction of sp³-hybridized carbons (Fsp3) is 0.409. The number of nitrogens with one attached hydrogen (secondary N) is 2. The van der Waals surface area contributed by atoms with Crippen molar-refractivity contribution in [2.24, 2.45) is 26.8 Å². The fourth-order valence-corrected chi connectivity index (χ4v) is 9.83. The molecule has 8 nitrogen and oxygen atoms in total. The van der Waals surface area contributed by atoms with Crippen molar-refractivity contribution in [1.29, 1.82) is 0 Å². The summed E-state index contributed by atoms with van der Waals surface area (Å²) < 4.78 is 6.36. The highest BCUT2D eigenvalue weighted by Crippen LogP contribution is 2.46. The number of ether oxygens (including phenoxy) is 1. The van der Waals surface area contributed by atoms with Crippen molar-refractivity contribution in [1.82, 2.24) is 10.6 Å². The lowest BCUT2D eigenvalue weighted by atomic mass is 9.86. The van der Waals surface area contributed by atoms with Gasteiger partial charge in [-0.15, -0.1) is 0 Å². The van der Waals surface area contributed by atoms with E-state index in [1.54, 1.807) is 21.6 Å². The average Bonchev–Trinajstić information content (AvgIpc) is 3.91. The highest BCUT2D eigenvalue weighted by Gasteiger charge is 2.41. The summed E-state index contributed by atoms with van der Waals surface area (Å²) in [5, 5.41) is 18.3. The highest BCUT2D eigenvalue weighted by atomic mass is 33.1. The molecule has 3 N–H and O–H groups in total. The van der Waals surface area contributed by atoms with Gasteiger partial charge in [-0.2, -0.15) is 0 Å². The summed E-state index contributed by atoms with van der Waals surface area (Å²) in [6.45, 7) is 15.9. The maximum atomic E-state index is 13.1. The minimum atomic E-state index is 0.0322. The van der Waals surface area contributed by atoms with Crippen molar-refractivity contribution >= 4 is 44.6 Å². The summed E-state index contributed by atoms with van der Waals surface area (Å²) in [6, 6.07) is 8.46. The van der Waals surface area contributed by atoms with E-state index < -0.39 is 0 Å². The maximum absolute atomic E-state index is 13.1. The van der Waals surface area contributed by atoms with Crippen molar-refractivity contribution in [2.75, 3.05) is 18.2 Å². The van der Waals surface area contributed by atoms with Crippen LogP contribution in [-0.4, -0.2) is 46.4 Å². The Morgan fingerprint density at radius 2 is 1.65 bits per heavy atom. The Labute approximate surface area is 327 Å². The zero-order valence-corrected chi connectivity index (χ0v) is 34.1. The third kappa shape index (κ3) is 7.57. The lowest BCUT2D eigenvalue weighted by Gasteiger charge is -2.18. The van der Waals surface area contributed by atoms with E-state index in [9.17, 15) is 9.90 Å². The van der Waals surface area contributed by atoms with Crippen molar-refractivity contribution in [3.63, 3.8) is 0 Å². The van der Waals surface area contributed by atoms with Gasteiger partial charge >= 0.3 is 0 Å². The zero-order chi connectivity index (χ0) is 38.1. The van der Waals surface area contributed by atoms with Gasteiger partial charge < -0.3 is 20.5 Å².